The van der Waals surface area contributed by atoms with Gasteiger partial charge in [-0.15, -0.1) is 0 Å². The molecular formula is C16H26BNO5. The van der Waals surface area contributed by atoms with Gasteiger partial charge in [0.15, 0.2) is 0 Å². The Morgan fingerprint density at radius 1 is 1.26 bits per heavy atom. The lowest BCUT2D eigenvalue weighted by molar-refractivity contribution is 0.0494. The molecule has 1 amide bonds. The molecule has 0 aliphatic heterocycles. The SMILES string of the molecule is Cc1cc(B(O)O)cc(C)c1OCC(C)NC(=O)OC(C)(C)C. The van der Waals surface area contributed by atoms with Crippen LogP contribution in [0, 0.1) is 13.8 Å². The molecule has 3 N–H and O–H groups in total. The van der Waals surface area contributed by atoms with Crippen LogP contribution in [-0.4, -0.2) is 41.5 Å². The second-order valence-electron chi connectivity index (χ2n) is 6.72. The van der Waals surface area contributed by atoms with Gasteiger partial charge in [0.25, 0.3) is 0 Å². The number of benzene rings is 1. The Hall–Kier alpha value is -1.73. The number of hydrogen-bond acceptors (Lipinski definition) is 5. The summed E-state index contributed by atoms with van der Waals surface area (Å²) in [5.74, 6) is 0.673. The van der Waals surface area contributed by atoms with Crippen molar-refractivity contribution in [3.63, 3.8) is 0 Å². The Bertz CT molecular complexity index is 531. The van der Waals surface area contributed by atoms with Crippen LogP contribution >= 0.6 is 0 Å². The highest BCUT2D eigenvalue weighted by Crippen LogP contribution is 2.21. The van der Waals surface area contributed by atoms with Gasteiger partial charge in [0.05, 0.1) is 6.04 Å². The Morgan fingerprint density at radius 2 is 1.78 bits per heavy atom. The molecule has 1 unspecified atom stereocenters. The van der Waals surface area contributed by atoms with Crippen molar-refractivity contribution in [3.8, 4) is 5.75 Å². The molecule has 1 aromatic carbocycles. The maximum Gasteiger partial charge on any atom is 0.488 e. The highest BCUT2D eigenvalue weighted by molar-refractivity contribution is 6.58. The summed E-state index contributed by atoms with van der Waals surface area (Å²) in [6, 6.07) is 3.10. The van der Waals surface area contributed by atoms with E-state index in [1.165, 1.54) is 0 Å². The number of rotatable bonds is 5. The van der Waals surface area contributed by atoms with Crippen LogP contribution in [0.15, 0.2) is 12.1 Å². The molecule has 0 bridgehead atoms. The Morgan fingerprint density at radius 3 is 2.22 bits per heavy atom. The van der Waals surface area contributed by atoms with Crippen LogP contribution in [0.1, 0.15) is 38.8 Å². The molecule has 0 aliphatic rings. The van der Waals surface area contributed by atoms with Gasteiger partial charge in [0.2, 0.25) is 0 Å². The number of ether oxygens (including phenoxy) is 2. The number of hydrogen-bond donors (Lipinski definition) is 3. The quantitative estimate of drug-likeness (QED) is 0.711. The molecule has 0 saturated heterocycles. The van der Waals surface area contributed by atoms with E-state index in [9.17, 15) is 14.8 Å². The standard InChI is InChI=1S/C16H26BNO5/c1-10-7-13(17(20)21)8-11(2)14(10)22-9-12(3)18-15(19)23-16(4,5)6/h7-8,12,20-21H,9H2,1-6H3,(H,18,19). The summed E-state index contributed by atoms with van der Waals surface area (Å²) < 4.78 is 11.0. The fourth-order valence-corrected chi connectivity index (χ4v) is 2.12. The average molecular weight is 323 g/mol. The van der Waals surface area contributed by atoms with E-state index in [-0.39, 0.29) is 12.6 Å². The van der Waals surface area contributed by atoms with Crippen LogP contribution in [0.2, 0.25) is 0 Å². The second-order valence-corrected chi connectivity index (χ2v) is 6.72. The minimum atomic E-state index is -1.51. The van der Waals surface area contributed by atoms with Crippen LogP contribution < -0.4 is 15.5 Å². The third-order valence-electron chi connectivity index (χ3n) is 3.02. The fraction of sp³-hybridized carbons (Fsp3) is 0.562. The van der Waals surface area contributed by atoms with Crippen LogP contribution in [0.25, 0.3) is 0 Å². The van der Waals surface area contributed by atoms with Crippen molar-refractivity contribution in [2.45, 2.75) is 53.2 Å². The first kappa shape index (κ1) is 19.3. The van der Waals surface area contributed by atoms with E-state index < -0.39 is 18.8 Å². The molecule has 1 atom stereocenters. The molecular weight excluding hydrogens is 297 g/mol. The molecule has 128 valence electrons. The summed E-state index contributed by atoms with van der Waals surface area (Å²) in [7, 11) is -1.51. The maximum atomic E-state index is 11.7. The van der Waals surface area contributed by atoms with Gasteiger partial charge in [-0.25, -0.2) is 4.79 Å². The lowest BCUT2D eigenvalue weighted by atomic mass is 9.78. The summed E-state index contributed by atoms with van der Waals surface area (Å²) in [5.41, 5.74) is 1.49. The van der Waals surface area contributed by atoms with E-state index in [2.05, 4.69) is 5.32 Å². The normalized spacial score (nSPS) is 12.5. The molecule has 0 heterocycles. The third-order valence-corrected chi connectivity index (χ3v) is 3.02. The first-order valence-corrected chi connectivity index (χ1v) is 7.59. The van der Waals surface area contributed by atoms with Crippen LogP contribution in [0.5, 0.6) is 5.75 Å². The number of nitrogens with one attached hydrogen (secondary N) is 1. The lowest BCUT2D eigenvalue weighted by Crippen LogP contribution is -2.40. The van der Waals surface area contributed by atoms with E-state index in [4.69, 9.17) is 9.47 Å². The van der Waals surface area contributed by atoms with Crippen LogP contribution in [0.4, 0.5) is 4.79 Å². The van der Waals surface area contributed by atoms with E-state index in [1.54, 1.807) is 32.9 Å². The molecule has 0 spiro atoms. The molecule has 6 nitrogen and oxygen atoms in total. The zero-order valence-corrected chi connectivity index (χ0v) is 14.6. The Labute approximate surface area is 138 Å². The van der Waals surface area contributed by atoms with Gasteiger partial charge < -0.3 is 24.8 Å². The van der Waals surface area contributed by atoms with Crippen molar-refractivity contribution in [3.05, 3.63) is 23.3 Å². The molecule has 1 rings (SSSR count). The molecule has 0 saturated carbocycles. The molecule has 1 aromatic rings. The van der Waals surface area contributed by atoms with Crippen molar-refractivity contribution in [2.75, 3.05) is 6.61 Å². The minimum Gasteiger partial charge on any atom is -0.491 e. The summed E-state index contributed by atoms with van der Waals surface area (Å²) in [5, 5.41) is 21.2. The van der Waals surface area contributed by atoms with Gasteiger partial charge in [-0.2, -0.15) is 0 Å². The van der Waals surface area contributed by atoms with Crippen molar-refractivity contribution in [1.82, 2.24) is 5.32 Å². The predicted octanol–water partition coefficient (Wildman–Crippen LogP) is 1.28. The second kappa shape index (κ2) is 7.70. The van der Waals surface area contributed by atoms with Gasteiger partial charge in [0.1, 0.15) is 18.0 Å². The number of alkyl carbamates (subject to hydrolysis) is 1. The predicted molar refractivity (Wildman–Crippen MR) is 90.1 cm³/mol. The largest absolute Gasteiger partial charge is 0.491 e. The summed E-state index contributed by atoms with van der Waals surface area (Å²) in [6.45, 7) is 11.2. The van der Waals surface area contributed by atoms with Gasteiger partial charge in [0, 0.05) is 0 Å². The lowest BCUT2D eigenvalue weighted by Gasteiger charge is -2.22. The number of carbonyl (C=O) groups excluding carboxylic acids is 1. The maximum absolute atomic E-state index is 11.7. The van der Waals surface area contributed by atoms with Gasteiger partial charge in [-0.05, 0) is 58.1 Å². The summed E-state index contributed by atoms with van der Waals surface area (Å²) in [6.07, 6.45) is -0.485. The molecule has 0 aromatic heterocycles. The van der Waals surface area contributed by atoms with Crippen molar-refractivity contribution >= 4 is 18.7 Å². The summed E-state index contributed by atoms with van der Waals surface area (Å²) in [4.78, 5) is 11.7. The molecule has 0 aliphatic carbocycles. The van der Waals surface area contributed by atoms with Crippen LogP contribution in [-0.2, 0) is 4.74 Å². The first-order chi connectivity index (χ1) is 10.5. The number of amides is 1. The molecule has 7 heteroatoms. The minimum absolute atomic E-state index is 0.230. The topological polar surface area (TPSA) is 88.0 Å². The van der Waals surface area contributed by atoms with E-state index in [1.807, 2.05) is 20.8 Å². The van der Waals surface area contributed by atoms with Crippen molar-refractivity contribution in [1.29, 1.82) is 0 Å². The average Bonchev–Trinajstić information content (AvgIpc) is 2.34. The van der Waals surface area contributed by atoms with E-state index in [0.717, 1.165) is 11.1 Å². The van der Waals surface area contributed by atoms with Crippen molar-refractivity contribution in [2.24, 2.45) is 0 Å². The molecule has 0 fully saturated rings. The fourth-order valence-electron chi connectivity index (χ4n) is 2.12. The summed E-state index contributed by atoms with van der Waals surface area (Å²) >= 11 is 0. The Kier molecular flexibility index (Phi) is 6.47. The zero-order valence-electron chi connectivity index (χ0n) is 14.6. The molecule has 23 heavy (non-hydrogen) atoms. The highest BCUT2D eigenvalue weighted by atomic mass is 16.6. The monoisotopic (exact) mass is 323 g/mol. The Balaban J connectivity index is 2.63. The zero-order chi connectivity index (χ0) is 17.8. The van der Waals surface area contributed by atoms with E-state index >= 15 is 0 Å². The van der Waals surface area contributed by atoms with Gasteiger partial charge in [-0.1, -0.05) is 12.1 Å². The van der Waals surface area contributed by atoms with Gasteiger partial charge >= 0.3 is 13.2 Å². The highest BCUT2D eigenvalue weighted by Gasteiger charge is 2.19. The van der Waals surface area contributed by atoms with Gasteiger partial charge in [-0.3, -0.25) is 0 Å². The third kappa shape index (κ3) is 6.50. The first-order valence-electron chi connectivity index (χ1n) is 7.59. The molecule has 0 radical (unpaired) electrons. The van der Waals surface area contributed by atoms with Crippen LogP contribution in [0.3, 0.4) is 0 Å². The van der Waals surface area contributed by atoms with E-state index in [0.29, 0.717) is 11.2 Å². The van der Waals surface area contributed by atoms with Crippen molar-refractivity contribution < 1.29 is 24.3 Å². The smallest absolute Gasteiger partial charge is 0.488 e. The number of carbonyl (C=O) groups is 1. The number of aryl methyl sites for hydroxylation is 2.